The van der Waals surface area contributed by atoms with Crippen LogP contribution in [0.25, 0.3) is 0 Å². The van der Waals surface area contributed by atoms with Crippen molar-refractivity contribution in [3.8, 4) is 0 Å². The Balaban J connectivity index is 2.18. The summed E-state index contributed by atoms with van der Waals surface area (Å²) in [6, 6.07) is 3.68. The largest absolute Gasteiger partial charge is 0.382 e. The van der Waals surface area contributed by atoms with E-state index in [1.807, 2.05) is 13.8 Å². The number of sulfonamides is 1. The lowest BCUT2D eigenvalue weighted by atomic mass is 10.0. The molecule has 0 atom stereocenters. The van der Waals surface area contributed by atoms with Crippen molar-refractivity contribution in [2.24, 2.45) is 5.14 Å². The van der Waals surface area contributed by atoms with Crippen LogP contribution in [-0.2, 0) is 10.0 Å². The monoisotopic (exact) mass is 311 g/mol. The first-order chi connectivity index (χ1) is 9.81. The van der Waals surface area contributed by atoms with Gasteiger partial charge in [0.15, 0.2) is 0 Å². The van der Waals surface area contributed by atoms with Crippen LogP contribution in [0.1, 0.15) is 30.9 Å². The number of primary sulfonamides is 1. The number of nitrogens with zero attached hydrogens (tertiary/aromatic N) is 1. The molecule has 5 nitrogen and oxygen atoms in total. The third-order valence-electron chi connectivity index (χ3n) is 4.36. The molecule has 1 saturated heterocycles. The predicted octanol–water partition coefficient (Wildman–Crippen LogP) is 1.85. The zero-order valence-corrected chi connectivity index (χ0v) is 13.8. The minimum Gasteiger partial charge on any atom is -0.382 e. The number of piperidine rings is 1. The van der Waals surface area contributed by atoms with Gasteiger partial charge in [-0.25, -0.2) is 13.6 Å². The molecule has 1 aromatic rings. The summed E-state index contributed by atoms with van der Waals surface area (Å²) in [6.07, 6.45) is 2.15. The number of nitrogens with two attached hydrogens (primary N) is 1. The van der Waals surface area contributed by atoms with Gasteiger partial charge < -0.3 is 10.2 Å². The van der Waals surface area contributed by atoms with Crippen molar-refractivity contribution < 1.29 is 8.42 Å². The van der Waals surface area contributed by atoms with Crippen molar-refractivity contribution in [3.63, 3.8) is 0 Å². The van der Waals surface area contributed by atoms with Gasteiger partial charge in [0.2, 0.25) is 10.0 Å². The maximum absolute atomic E-state index is 11.6. The van der Waals surface area contributed by atoms with E-state index in [-0.39, 0.29) is 4.90 Å². The fourth-order valence-electron chi connectivity index (χ4n) is 2.75. The summed E-state index contributed by atoms with van der Waals surface area (Å²) in [4.78, 5) is 2.61. The normalized spacial score (nSPS) is 17.9. The summed E-state index contributed by atoms with van der Waals surface area (Å²) >= 11 is 0. The molecule has 2 rings (SSSR count). The smallest absolute Gasteiger partial charge is 0.238 e. The van der Waals surface area contributed by atoms with E-state index in [1.165, 1.54) is 0 Å². The highest BCUT2D eigenvalue weighted by Gasteiger charge is 2.19. The minimum atomic E-state index is -3.67. The van der Waals surface area contributed by atoms with Gasteiger partial charge in [-0.1, -0.05) is 6.92 Å². The lowest BCUT2D eigenvalue weighted by molar-refractivity contribution is 0.229. The molecule has 0 unspecified atom stereocenters. The third-order valence-corrected chi connectivity index (χ3v) is 5.26. The van der Waals surface area contributed by atoms with Gasteiger partial charge in [0, 0.05) is 24.8 Å². The molecule has 1 aromatic carbocycles. The van der Waals surface area contributed by atoms with Gasteiger partial charge in [0.25, 0.3) is 0 Å². The zero-order valence-electron chi connectivity index (χ0n) is 13.0. The molecule has 0 radical (unpaired) electrons. The quantitative estimate of drug-likeness (QED) is 0.890. The molecule has 1 fully saturated rings. The van der Waals surface area contributed by atoms with E-state index in [0.29, 0.717) is 6.04 Å². The Hall–Kier alpha value is -1.11. The van der Waals surface area contributed by atoms with Crippen LogP contribution in [0, 0.1) is 13.8 Å². The van der Waals surface area contributed by atoms with Gasteiger partial charge in [-0.3, -0.25) is 0 Å². The predicted molar refractivity (Wildman–Crippen MR) is 86.0 cm³/mol. The number of aryl methyl sites for hydroxylation is 1. The first kappa shape index (κ1) is 16.3. The molecule has 0 aromatic heterocycles. The van der Waals surface area contributed by atoms with Gasteiger partial charge in [-0.05, 0) is 56.5 Å². The number of benzene rings is 1. The summed E-state index contributed by atoms with van der Waals surface area (Å²) < 4.78 is 23.1. The Morgan fingerprint density at radius 3 is 2.43 bits per heavy atom. The average Bonchev–Trinajstić information content (AvgIpc) is 2.43. The fourth-order valence-corrected chi connectivity index (χ4v) is 3.38. The molecule has 1 aliphatic rings. The highest BCUT2D eigenvalue weighted by molar-refractivity contribution is 7.89. The van der Waals surface area contributed by atoms with E-state index in [0.717, 1.165) is 49.3 Å². The van der Waals surface area contributed by atoms with Crippen LogP contribution < -0.4 is 10.5 Å². The molecule has 0 amide bonds. The van der Waals surface area contributed by atoms with Crippen LogP contribution in [-0.4, -0.2) is 39.0 Å². The molecule has 1 aliphatic heterocycles. The Kier molecular flexibility index (Phi) is 4.91. The molecular formula is C15H25N3O2S. The summed E-state index contributed by atoms with van der Waals surface area (Å²) in [6.45, 7) is 9.35. The molecule has 1 heterocycles. The van der Waals surface area contributed by atoms with E-state index < -0.39 is 10.0 Å². The molecular weight excluding hydrogens is 286 g/mol. The van der Waals surface area contributed by atoms with Crippen LogP contribution in [0.3, 0.4) is 0 Å². The Morgan fingerprint density at radius 2 is 1.90 bits per heavy atom. The van der Waals surface area contributed by atoms with E-state index >= 15 is 0 Å². The molecule has 0 spiro atoms. The van der Waals surface area contributed by atoms with E-state index in [2.05, 4.69) is 17.1 Å². The maximum Gasteiger partial charge on any atom is 0.238 e. The first-order valence-corrected chi connectivity index (χ1v) is 8.99. The summed E-state index contributed by atoms with van der Waals surface area (Å²) in [7, 11) is -3.67. The molecule has 0 saturated carbocycles. The number of likely N-dealkylation sites (tertiary alicyclic amines) is 1. The number of hydrogen-bond acceptors (Lipinski definition) is 4. The highest BCUT2D eigenvalue weighted by Crippen LogP contribution is 2.26. The van der Waals surface area contributed by atoms with Crippen LogP contribution >= 0.6 is 0 Å². The van der Waals surface area contributed by atoms with Crippen LogP contribution in [0.15, 0.2) is 17.0 Å². The second-order valence-corrected chi connectivity index (χ2v) is 7.37. The van der Waals surface area contributed by atoms with Crippen molar-refractivity contribution in [1.82, 2.24) is 4.90 Å². The molecule has 6 heteroatoms. The Bertz CT molecular complexity index is 606. The van der Waals surface area contributed by atoms with Crippen LogP contribution in [0.5, 0.6) is 0 Å². The standard InChI is InChI=1S/C15H25N3O2S/c1-4-18-7-5-13(6-8-18)17-15-10-14(21(16,19)20)9-11(2)12(15)3/h9-10,13,17H,4-8H2,1-3H3,(H2,16,19,20). The van der Waals surface area contributed by atoms with Crippen LogP contribution in [0.4, 0.5) is 5.69 Å². The van der Waals surface area contributed by atoms with E-state index in [4.69, 9.17) is 5.14 Å². The highest BCUT2D eigenvalue weighted by atomic mass is 32.2. The summed E-state index contributed by atoms with van der Waals surface area (Å²) in [5.74, 6) is 0. The van der Waals surface area contributed by atoms with Crippen LogP contribution in [0.2, 0.25) is 0 Å². The zero-order chi connectivity index (χ0) is 15.6. The van der Waals surface area contributed by atoms with Crippen molar-refractivity contribution >= 4 is 15.7 Å². The topological polar surface area (TPSA) is 75.4 Å². The van der Waals surface area contributed by atoms with Crippen molar-refractivity contribution in [2.75, 3.05) is 25.0 Å². The summed E-state index contributed by atoms with van der Waals surface area (Å²) in [5.41, 5.74) is 2.91. The number of hydrogen-bond donors (Lipinski definition) is 2. The van der Waals surface area contributed by atoms with E-state index in [9.17, 15) is 8.42 Å². The number of anilines is 1. The van der Waals surface area contributed by atoms with Gasteiger partial charge in [0.1, 0.15) is 0 Å². The lowest BCUT2D eigenvalue weighted by Gasteiger charge is -2.32. The van der Waals surface area contributed by atoms with Gasteiger partial charge in [-0.15, -0.1) is 0 Å². The second-order valence-electron chi connectivity index (χ2n) is 5.81. The molecule has 3 N–H and O–H groups in total. The lowest BCUT2D eigenvalue weighted by Crippen LogP contribution is -2.39. The van der Waals surface area contributed by atoms with Gasteiger partial charge in [-0.2, -0.15) is 0 Å². The SMILES string of the molecule is CCN1CCC(Nc2cc(S(N)(=O)=O)cc(C)c2C)CC1. The van der Waals surface area contributed by atoms with Gasteiger partial charge >= 0.3 is 0 Å². The van der Waals surface area contributed by atoms with Crippen molar-refractivity contribution in [2.45, 2.75) is 44.6 Å². The Morgan fingerprint density at radius 1 is 1.29 bits per heavy atom. The fraction of sp³-hybridized carbons (Fsp3) is 0.600. The number of nitrogens with one attached hydrogen (secondary N) is 1. The maximum atomic E-state index is 11.6. The van der Waals surface area contributed by atoms with E-state index in [1.54, 1.807) is 12.1 Å². The third kappa shape index (κ3) is 3.96. The minimum absolute atomic E-state index is 0.180. The first-order valence-electron chi connectivity index (χ1n) is 7.44. The average molecular weight is 311 g/mol. The number of rotatable bonds is 4. The molecule has 0 bridgehead atoms. The van der Waals surface area contributed by atoms with Crippen molar-refractivity contribution in [1.29, 1.82) is 0 Å². The molecule has 21 heavy (non-hydrogen) atoms. The molecule has 0 aliphatic carbocycles. The van der Waals surface area contributed by atoms with Crippen molar-refractivity contribution in [3.05, 3.63) is 23.3 Å². The Labute approximate surface area is 127 Å². The second kappa shape index (κ2) is 6.34. The summed E-state index contributed by atoms with van der Waals surface area (Å²) in [5, 5.41) is 8.75. The van der Waals surface area contributed by atoms with Gasteiger partial charge in [0.05, 0.1) is 4.90 Å². The molecule has 118 valence electrons.